The number of fused-ring (bicyclic) bond motifs is 2. The van der Waals surface area contributed by atoms with E-state index in [9.17, 15) is 9.90 Å². The summed E-state index contributed by atoms with van der Waals surface area (Å²) in [5.41, 5.74) is 1.60. The van der Waals surface area contributed by atoms with Crippen LogP contribution in [-0.4, -0.2) is 47.0 Å². The van der Waals surface area contributed by atoms with Gasteiger partial charge in [-0.1, -0.05) is 42.5 Å². The van der Waals surface area contributed by atoms with Crippen LogP contribution < -0.4 is 0 Å². The van der Waals surface area contributed by atoms with Crippen LogP contribution in [0.1, 0.15) is 29.5 Å². The van der Waals surface area contributed by atoms with Crippen LogP contribution in [0.5, 0.6) is 0 Å². The van der Waals surface area contributed by atoms with Gasteiger partial charge in [0, 0.05) is 6.42 Å². The van der Waals surface area contributed by atoms with E-state index >= 15 is 0 Å². The quantitative estimate of drug-likeness (QED) is 0.865. The number of rotatable bonds is 4. The van der Waals surface area contributed by atoms with Crippen molar-refractivity contribution in [2.75, 3.05) is 13.2 Å². The van der Waals surface area contributed by atoms with Crippen molar-refractivity contribution in [3.05, 3.63) is 71.3 Å². The molecule has 2 unspecified atom stereocenters. The fourth-order valence-electron chi connectivity index (χ4n) is 4.39. The average molecular weight is 392 g/mol. The van der Waals surface area contributed by atoms with Gasteiger partial charge in [-0.25, -0.2) is 4.79 Å². The number of nitriles is 1. The third-order valence-electron chi connectivity index (χ3n) is 5.67. The first-order valence-electron chi connectivity index (χ1n) is 9.84. The Bertz CT molecular complexity index is 877. The number of benzene rings is 2. The molecule has 0 aromatic heterocycles. The number of morpholine rings is 1. The van der Waals surface area contributed by atoms with Crippen LogP contribution in [0.25, 0.3) is 0 Å². The second-order valence-electron chi connectivity index (χ2n) is 7.91. The van der Waals surface area contributed by atoms with Crippen LogP contribution >= 0.6 is 0 Å². The number of carbonyl (C=O) groups excluding carboxylic acids is 1. The Morgan fingerprint density at radius 1 is 1.10 bits per heavy atom. The molecule has 6 nitrogen and oxygen atoms in total. The molecule has 2 bridgehead atoms. The fourth-order valence-corrected chi connectivity index (χ4v) is 4.39. The second-order valence-corrected chi connectivity index (χ2v) is 7.91. The summed E-state index contributed by atoms with van der Waals surface area (Å²) in [6.45, 7) is 1.02. The molecule has 2 aliphatic heterocycles. The SMILES string of the molecule is N#Cc1ccc(CC2(O)CC3COCC(C2)N3C(=O)OCc2ccccc2)cc1. The molecule has 0 spiro atoms. The Balaban J connectivity index is 1.42. The number of hydrogen-bond acceptors (Lipinski definition) is 5. The molecule has 1 N–H and O–H groups in total. The van der Waals surface area contributed by atoms with Crippen molar-refractivity contribution in [2.45, 2.75) is 43.6 Å². The van der Waals surface area contributed by atoms with E-state index in [1.165, 1.54) is 0 Å². The van der Waals surface area contributed by atoms with E-state index in [1.54, 1.807) is 17.0 Å². The lowest BCUT2D eigenvalue weighted by atomic mass is 9.77. The maximum Gasteiger partial charge on any atom is 0.410 e. The molecule has 6 heteroatoms. The third-order valence-corrected chi connectivity index (χ3v) is 5.67. The smallest absolute Gasteiger partial charge is 0.410 e. The number of nitrogens with zero attached hydrogens (tertiary/aromatic N) is 2. The lowest BCUT2D eigenvalue weighted by molar-refractivity contribution is -0.132. The van der Waals surface area contributed by atoms with Crippen molar-refractivity contribution in [3.8, 4) is 6.07 Å². The molecule has 4 rings (SSSR count). The standard InChI is InChI=1S/C23H24N2O4/c24-13-18-8-6-17(7-9-18)10-23(27)11-20-15-28-16-21(12-23)25(20)22(26)29-14-19-4-2-1-3-5-19/h1-9,20-21,27H,10-12,14-16H2. The van der Waals surface area contributed by atoms with Crippen LogP contribution in [0.2, 0.25) is 0 Å². The van der Waals surface area contributed by atoms with Crippen molar-refractivity contribution in [1.82, 2.24) is 4.90 Å². The van der Waals surface area contributed by atoms with Gasteiger partial charge in [0.05, 0.1) is 42.5 Å². The highest BCUT2D eigenvalue weighted by atomic mass is 16.6. The number of aliphatic hydroxyl groups is 1. The van der Waals surface area contributed by atoms with Gasteiger partial charge in [-0.05, 0) is 36.1 Å². The summed E-state index contributed by atoms with van der Waals surface area (Å²) in [4.78, 5) is 14.5. The van der Waals surface area contributed by atoms with Gasteiger partial charge in [0.25, 0.3) is 0 Å². The Kier molecular flexibility index (Phi) is 5.52. The van der Waals surface area contributed by atoms with E-state index in [0.717, 1.165) is 11.1 Å². The zero-order chi connectivity index (χ0) is 20.3. The number of amides is 1. The van der Waals surface area contributed by atoms with Gasteiger partial charge >= 0.3 is 6.09 Å². The minimum Gasteiger partial charge on any atom is -0.445 e. The summed E-state index contributed by atoms with van der Waals surface area (Å²) in [6, 6.07) is 18.5. The van der Waals surface area contributed by atoms with Gasteiger partial charge < -0.3 is 14.6 Å². The van der Waals surface area contributed by atoms with E-state index in [4.69, 9.17) is 14.7 Å². The first-order chi connectivity index (χ1) is 14.1. The van der Waals surface area contributed by atoms with Crippen LogP contribution in [0, 0.1) is 11.3 Å². The van der Waals surface area contributed by atoms with Crippen LogP contribution in [0.3, 0.4) is 0 Å². The zero-order valence-corrected chi connectivity index (χ0v) is 16.2. The van der Waals surface area contributed by atoms with Gasteiger partial charge in [-0.3, -0.25) is 4.90 Å². The van der Waals surface area contributed by atoms with Crippen molar-refractivity contribution in [3.63, 3.8) is 0 Å². The molecule has 2 aromatic rings. The van der Waals surface area contributed by atoms with Crippen molar-refractivity contribution >= 4 is 6.09 Å². The normalized spacial score (nSPS) is 25.9. The lowest BCUT2D eigenvalue weighted by Gasteiger charge is -2.51. The highest BCUT2D eigenvalue weighted by Gasteiger charge is 2.48. The number of carbonyl (C=O) groups is 1. The highest BCUT2D eigenvalue weighted by molar-refractivity contribution is 5.69. The molecule has 0 radical (unpaired) electrons. The highest BCUT2D eigenvalue weighted by Crippen LogP contribution is 2.37. The van der Waals surface area contributed by atoms with Gasteiger partial charge in [0.1, 0.15) is 6.61 Å². The minimum atomic E-state index is -0.913. The number of ether oxygens (including phenoxy) is 2. The summed E-state index contributed by atoms with van der Waals surface area (Å²) in [7, 11) is 0. The molecule has 0 aliphatic carbocycles. The monoisotopic (exact) mass is 392 g/mol. The van der Waals surface area contributed by atoms with E-state index in [1.807, 2.05) is 42.5 Å². The molecule has 2 fully saturated rings. The van der Waals surface area contributed by atoms with Crippen molar-refractivity contribution in [2.24, 2.45) is 0 Å². The van der Waals surface area contributed by atoms with Crippen LogP contribution in [0.15, 0.2) is 54.6 Å². The Morgan fingerprint density at radius 3 is 2.38 bits per heavy atom. The molecule has 2 heterocycles. The molecule has 2 aromatic carbocycles. The summed E-state index contributed by atoms with van der Waals surface area (Å²) in [5.74, 6) is 0. The Hall–Kier alpha value is -2.88. The van der Waals surface area contributed by atoms with E-state index in [2.05, 4.69) is 6.07 Å². The first kappa shape index (κ1) is 19.4. The van der Waals surface area contributed by atoms with Crippen LogP contribution in [0.4, 0.5) is 4.79 Å². The first-order valence-corrected chi connectivity index (χ1v) is 9.84. The maximum absolute atomic E-state index is 12.8. The molecule has 0 saturated carbocycles. The largest absolute Gasteiger partial charge is 0.445 e. The number of hydrogen-bond donors (Lipinski definition) is 1. The molecule has 2 atom stereocenters. The van der Waals surface area contributed by atoms with Gasteiger partial charge in [0.15, 0.2) is 0 Å². The second kappa shape index (κ2) is 8.24. The molecular formula is C23H24N2O4. The Labute approximate surface area is 170 Å². The Morgan fingerprint density at radius 2 is 1.76 bits per heavy atom. The summed E-state index contributed by atoms with van der Waals surface area (Å²) >= 11 is 0. The molecule has 2 saturated heterocycles. The third kappa shape index (κ3) is 4.42. The minimum absolute atomic E-state index is 0.214. The van der Waals surface area contributed by atoms with Gasteiger partial charge in [-0.2, -0.15) is 5.26 Å². The summed E-state index contributed by atoms with van der Waals surface area (Å²) in [6.07, 6.45) is 1.000. The predicted octanol–water partition coefficient (Wildman–Crippen LogP) is 3.03. The molecule has 29 heavy (non-hydrogen) atoms. The topological polar surface area (TPSA) is 82.8 Å². The summed E-state index contributed by atoms with van der Waals surface area (Å²) in [5, 5.41) is 20.2. The van der Waals surface area contributed by atoms with Crippen molar-refractivity contribution < 1.29 is 19.4 Å². The number of piperidine rings is 1. The zero-order valence-electron chi connectivity index (χ0n) is 16.2. The van der Waals surface area contributed by atoms with Crippen LogP contribution in [-0.2, 0) is 22.5 Å². The van der Waals surface area contributed by atoms with Gasteiger partial charge in [0.2, 0.25) is 0 Å². The van der Waals surface area contributed by atoms with E-state index < -0.39 is 5.60 Å². The summed E-state index contributed by atoms with van der Waals surface area (Å²) < 4.78 is 11.2. The maximum atomic E-state index is 12.8. The van der Waals surface area contributed by atoms with E-state index in [0.29, 0.717) is 38.0 Å². The van der Waals surface area contributed by atoms with Crippen molar-refractivity contribution in [1.29, 1.82) is 5.26 Å². The molecule has 150 valence electrons. The molecular weight excluding hydrogens is 368 g/mol. The molecule has 2 aliphatic rings. The predicted molar refractivity (Wildman–Crippen MR) is 106 cm³/mol. The fraction of sp³-hybridized carbons (Fsp3) is 0.391. The molecule has 1 amide bonds. The average Bonchev–Trinajstić information content (AvgIpc) is 2.72. The lowest BCUT2D eigenvalue weighted by Crippen LogP contribution is -2.64. The van der Waals surface area contributed by atoms with E-state index in [-0.39, 0.29) is 24.8 Å². The van der Waals surface area contributed by atoms with Gasteiger partial charge in [-0.15, -0.1) is 0 Å².